The van der Waals surface area contributed by atoms with E-state index in [0.29, 0.717) is 12.4 Å². The minimum Gasteiger partial charge on any atom is -0.494 e. The van der Waals surface area contributed by atoms with Crippen molar-refractivity contribution < 1.29 is 13.2 Å². The molecule has 0 atom stereocenters. The van der Waals surface area contributed by atoms with Crippen LogP contribution in [-0.4, -0.2) is 15.0 Å². The zero-order valence-electron chi connectivity index (χ0n) is 7.03. The lowest BCUT2D eigenvalue weighted by Crippen LogP contribution is -1.94. The van der Waals surface area contributed by atoms with E-state index in [4.69, 9.17) is 4.74 Å². The number of hydrogen-bond donors (Lipinski definition) is 0. The smallest absolute Gasteiger partial charge is 0.237 e. The molecule has 72 valence electrons. The van der Waals surface area contributed by atoms with Crippen LogP contribution in [0.3, 0.4) is 0 Å². The van der Waals surface area contributed by atoms with Crippen LogP contribution in [0.1, 0.15) is 6.92 Å². The molecule has 0 radical (unpaired) electrons. The second kappa shape index (κ2) is 4.11. The maximum atomic E-state index is 11.1. The van der Waals surface area contributed by atoms with Gasteiger partial charge in [-0.3, -0.25) is 0 Å². The average molecular weight is 265 g/mol. The zero-order valence-corrected chi connectivity index (χ0v) is 9.43. The molecule has 5 heteroatoms. The highest BCUT2D eigenvalue weighted by molar-refractivity contribution is 9.47. The summed E-state index contributed by atoms with van der Waals surface area (Å²) in [6.45, 7) is 2.36. The molecule has 0 fully saturated rings. The van der Waals surface area contributed by atoms with Gasteiger partial charge in [-0.1, -0.05) is 6.07 Å². The molecule has 0 saturated heterocycles. The van der Waals surface area contributed by atoms with Crippen molar-refractivity contribution in [3.63, 3.8) is 0 Å². The van der Waals surface area contributed by atoms with Crippen molar-refractivity contribution in [2.24, 2.45) is 0 Å². The molecule has 13 heavy (non-hydrogen) atoms. The molecule has 1 aromatic rings. The van der Waals surface area contributed by atoms with Crippen LogP contribution in [0.2, 0.25) is 0 Å². The molecular weight excluding hydrogens is 256 g/mol. The van der Waals surface area contributed by atoms with Crippen LogP contribution in [0.25, 0.3) is 0 Å². The molecule has 0 amide bonds. The summed E-state index contributed by atoms with van der Waals surface area (Å²) >= 11 is 2.59. The Morgan fingerprint density at radius 3 is 2.69 bits per heavy atom. The van der Waals surface area contributed by atoms with E-state index in [9.17, 15) is 8.42 Å². The number of ether oxygens (including phenoxy) is 1. The van der Waals surface area contributed by atoms with Crippen LogP contribution in [0.4, 0.5) is 0 Å². The van der Waals surface area contributed by atoms with E-state index in [0.717, 1.165) is 0 Å². The van der Waals surface area contributed by atoms with Crippen molar-refractivity contribution in [3.05, 3.63) is 24.3 Å². The quantitative estimate of drug-likeness (QED) is 0.786. The lowest BCUT2D eigenvalue weighted by molar-refractivity contribution is 0.339. The summed E-state index contributed by atoms with van der Waals surface area (Å²) in [4.78, 5) is 0.207. The molecule has 0 spiro atoms. The molecule has 0 unspecified atom stereocenters. The topological polar surface area (TPSA) is 43.4 Å². The summed E-state index contributed by atoms with van der Waals surface area (Å²) in [6.07, 6.45) is 0. The van der Waals surface area contributed by atoms with Gasteiger partial charge >= 0.3 is 0 Å². The molecule has 1 aromatic carbocycles. The first-order chi connectivity index (χ1) is 6.04. The summed E-state index contributed by atoms with van der Waals surface area (Å²) in [5.74, 6) is 0.558. The Morgan fingerprint density at radius 2 is 2.15 bits per heavy atom. The van der Waals surface area contributed by atoms with E-state index in [1.807, 2.05) is 6.92 Å². The van der Waals surface area contributed by atoms with Crippen LogP contribution in [0.15, 0.2) is 29.2 Å². The number of rotatable bonds is 3. The van der Waals surface area contributed by atoms with E-state index < -0.39 is 8.27 Å². The van der Waals surface area contributed by atoms with Crippen LogP contribution in [0.5, 0.6) is 5.75 Å². The lowest BCUT2D eigenvalue weighted by atomic mass is 10.3. The van der Waals surface area contributed by atoms with Gasteiger partial charge in [-0.2, -0.15) is 0 Å². The second-order valence-electron chi connectivity index (χ2n) is 2.35. The first-order valence-corrected chi connectivity index (χ1v) is 7.04. The number of benzene rings is 1. The molecule has 0 aliphatic carbocycles. The molecule has 0 aliphatic rings. The second-order valence-corrected chi connectivity index (χ2v) is 6.25. The summed E-state index contributed by atoms with van der Waals surface area (Å²) < 4.78 is 27.3. The van der Waals surface area contributed by atoms with Gasteiger partial charge < -0.3 is 4.74 Å². The molecule has 0 N–H and O–H groups in total. The van der Waals surface area contributed by atoms with E-state index in [1.54, 1.807) is 12.1 Å². The third kappa shape index (κ3) is 3.00. The molecule has 3 nitrogen and oxygen atoms in total. The Morgan fingerprint density at radius 1 is 1.46 bits per heavy atom. The SMILES string of the molecule is CCOc1cccc(S(=O)(=O)Br)c1. The molecule has 0 aromatic heterocycles. The molecule has 0 heterocycles. The summed E-state index contributed by atoms with van der Waals surface area (Å²) in [7, 11) is -3.31. The van der Waals surface area contributed by atoms with Crippen LogP contribution < -0.4 is 4.74 Å². The average Bonchev–Trinajstić information content (AvgIpc) is 2.04. The fourth-order valence-corrected chi connectivity index (χ4v) is 1.98. The minimum atomic E-state index is -3.31. The van der Waals surface area contributed by atoms with Crippen LogP contribution >= 0.6 is 14.8 Å². The standard InChI is InChI=1S/C8H9BrO3S/c1-2-12-7-4-3-5-8(6-7)13(9,10)11/h3-6H,2H2,1H3. The van der Waals surface area contributed by atoms with Crippen molar-refractivity contribution in [1.82, 2.24) is 0 Å². The van der Waals surface area contributed by atoms with Gasteiger partial charge in [0.15, 0.2) is 0 Å². The van der Waals surface area contributed by atoms with Gasteiger partial charge in [-0.15, -0.1) is 0 Å². The van der Waals surface area contributed by atoms with E-state index >= 15 is 0 Å². The molecular formula is C8H9BrO3S. The summed E-state index contributed by atoms with van der Waals surface area (Å²) in [5.41, 5.74) is 0. The largest absolute Gasteiger partial charge is 0.494 e. The Kier molecular flexibility index (Phi) is 3.33. The Labute approximate surface area is 84.8 Å². The van der Waals surface area contributed by atoms with Gasteiger partial charge in [0, 0.05) is 0 Å². The molecule has 0 aliphatic heterocycles. The van der Waals surface area contributed by atoms with Crippen molar-refractivity contribution in [1.29, 1.82) is 0 Å². The maximum Gasteiger partial charge on any atom is 0.237 e. The van der Waals surface area contributed by atoms with Crippen molar-refractivity contribution in [2.45, 2.75) is 11.8 Å². The van der Waals surface area contributed by atoms with Gasteiger partial charge in [0.25, 0.3) is 0 Å². The Balaban J connectivity index is 3.06. The first-order valence-electron chi connectivity index (χ1n) is 3.71. The fourth-order valence-electron chi connectivity index (χ4n) is 0.882. The van der Waals surface area contributed by atoms with E-state index in [1.165, 1.54) is 12.1 Å². The van der Waals surface area contributed by atoms with Gasteiger partial charge in [0.05, 0.1) is 26.3 Å². The van der Waals surface area contributed by atoms with Gasteiger partial charge in [0.2, 0.25) is 8.27 Å². The summed E-state index contributed by atoms with van der Waals surface area (Å²) in [6, 6.07) is 6.34. The Hall–Kier alpha value is -0.550. The van der Waals surface area contributed by atoms with E-state index in [2.05, 4.69) is 14.8 Å². The fraction of sp³-hybridized carbons (Fsp3) is 0.250. The van der Waals surface area contributed by atoms with Gasteiger partial charge in [-0.05, 0) is 25.1 Å². The number of halogens is 1. The predicted octanol–water partition coefficient (Wildman–Crippen LogP) is 2.17. The number of hydrogen-bond acceptors (Lipinski definition) is 3. The third-order valence-corrected chi connectivity index (χ3v) is 3.34. The third-order valence-electron chi connectivity index (χ3n) is 1.40. The maximum absolute atomic E-state index is 11.1. The molecule has 1 rings (SSSR count). The molecule has 0 bridgehead atoms. The first kappa shape index (κ1) is 10.5. The van der Waals surface area contributed by atoms with Crippen LogP contribution in [-0.2, 0) is 8.27 Å². The highest BCUT2D eigenvalue weighted by atomic mass is 79.9. The Bertz CT molecular complexity index is 386. The summed E-state index contributed by atoms with van der Waals surface area (Å²) in [5, 5.41) is 0. The highest BCUT2D eigenvalue weighted by Crippen LogP contribution is 2.21. The van der Waals surface area contributed by atoms with Gasteiger partial charge in [-0.25, -0.2) is 8.42 Å². The van der Waals surface area contributed by atoms with E-state index in [-0.39, 0.29) is 4.90 Å². The highest BCUT2D eigenvalue weighted by Gasteiger charge is 2.09. The normalized spacial score (nSPS) is 11.2. The molecule has 0 saturated carbocycles. The zero-order chi connectivity index (χ0) is 9.90. The monoisotopic (exact) mass is 264 g/mol. The van der Waals surface area contributed by atoms with Crippen molar-refractivity contribution >= 4 is 23.1 Å². The van der Waals surface area contributed by atoms with Crippen molar-refractivity contribution in [2.75, 3.05) is 6.61 Å². The lowest BCUT2D eigenvalue weighted by Gasteiger charge is -2.03. The predicted molar refractivity (Wildman–Crippen MR) is 53.7 cm³/mol. The van der Waals surface area contributed by atoms with Crippen molar-refractivity contribution in [3.8, 4) is 5.75 Å². The minimum absolute atomic E-state index is 0.207. The van der Waals surface area contributed by atoms with Gasteiger partial charge in [0.1, 0.15) is 5.75 Å². The van der Waals surface area contributed by atoms with Crippen LogP contribution in [0, 0.1) is 0 Å².